The van der Waals surface area contributed by atoms with Gasteiger partial charge < -0.3 is 20.1 Å². The van der Waals surface area contributed by atoms with Crippen LogP contribution in [-0.2, 0) is 5.41 Å². The molecule has 0 fully saturated rings. The van der Waals surface area contributed by atoms with Gasteiger partial charge in [0, 0.05) is 28.8 Å². The number of nitrogen functional groups attached to an aromatic ring is 1. The highest BCUT2D eigenvalue weighted by Crippen LogP contribution is 2.45. The molecule has 1 aliphatic rings. The van der Waals surface area contributed by atoms with E-state index in [1.54, 1.807) is 7.11 Å². The maximum absolute atomic E-state index is 6.53. The van der Waals surface area contributed by atoms with E-state index in [0.29, 0.717) is 41.7 Å². The average Bonchev–Trinajstić information content (AvgIpc) is 3.45. The van der Waals surface area contributed by atoms with Gasteiger partial charge in [-0.15, -0.1) is 0 Å². The maximum Gasteiger partial charge on any atom is 0.162 e. The van der Waals surface area contributed by atoms with E-state index in [1.165, 1.54) is 11.1 Å². The lowest BCUT2D eigenvalue weighted by molar-refractivity contribution is 0.251. The molecule has 8 nitrogen and oxygen atoms in total. The second-order valence-corrected chi connectivity index (χ2v) is 10.3. The molecule has 3 aromatic carbocycles. The molecule has 0 bridgehead atoms. The number of rotatable bonds is 8. The summed E-state index contributed by atoms with van der Waals surface area (Å²) >= 11 is 0. The van der Waals surface area contributed by atoms with Crippen LogP contribution in [0.2, 0.25) is 0 Å². The highest BCUT2D eigenvalue weighted by atomic mass is 16.5. The normalized spacial score (nSPS) is 16.9. The SMILES string of the molecule is COc1cc2nc(C3=CC=CC(c4ccccc4)(c4ccc5[nH]ncc5c4)C3)nc(N)c2cc1OCCN(C)C. The molecule has 0 spiro atoms. The summed E-state index contributed by atoms with van der Waals surface area (Å²) in [5.41, 5.74) is 11.2. The van der Waals surface area contributed by atoms with Crippen LogP contribution in [0.15, 0.2) is 85.1 Å². The predicted molar refractivity (Wildman–Crippen MR) is 160 cm³/mol. The van der Waals surface area contributed by atoms with Crippen LogP contribution in [0.1, 0.15) is 23.4 Å². The van der Waals surface area contributed by atoms with E-state index in [-0.39, 0.29) is 0 Å². The Balaban J connectivity index is 1.41. The molecule has 0 amide bonds. The fourth-order valence-electron chi connectivity index (χ4n) is 5.33. The van der Waals surface area contributed by atoms with Crippen LogP contribution >= 0.6 is 0 Å². The molecule has 0 saturated heterocycles. The van der Waals surface area contributed by atoms with E-state index in [0.717, 1.165) is 28.4 Å². The number of aromatic nitrogens is 4. The summed E-state index contributed by atoms with van der Waals surface area (Å²) < 4.78 is 11.6. The van der Waals surface area contributed by atoms with Crippen molar-refractivity contribution in [2.45, 2.75) is 11.8 Å². The molecule has 2 heterocycles. The molecule has 40 heavy (non-hydrogen) atoms. The van der Waals surface area contributed by atoms with E-state index in [2.05, 4.69) is 75.8 Å². The molecule has 1 unspecified atom stereocenters. The van der Waals surface area contributed by atoms with Gasteiger partial charge in [0.15, 0.2) is 17.3 Å². The van der Waals surface area contributed by atoms with E-state index >= 15 is 0 Å². The van der Waals surface area contributed by atoms with Crippen LogP contribution in [0, 0.1) is 0 Å². The van der Waals surface area contributed by atoms with Gasteiger partial charge in [-0.25, -0.2) is 9.97 Å². The third-order valence-corrected chi connectivity index (χ3v) is 7.49. The summed E-state index contributed by atoms with van der Waals surface area (Å²) in [6.45, 7) is 1.31. The first-order valence-electron chi connectivity index (χ1n) is 13.3. The largest absolute Gasteiger partial charge is 0.493 e. The molecule has 6 rings (SSSR count). The van der Waals surface area contributed by atoms with Crippen molar-refractivity contribution in [1.82, 2.24) is 25.1 Å². The third kappa shape index (κ3) is 4.67. The monoisotopic (exact) mass is 532 g/mol. The lowest BCUT2D eigenvalue weighted by atomic mass is 9.68. The molecule has 0 radical (unpaired) electrons. The van der Waals surface area contributed by atoms with Gasteiger partial charge in [0.1, 0.15) is 12.4 Å². The minimum atomic E-state index is -0.411. The number of fused-ring (bicyclic) bond motifs is 2. The Kier molecular flexibility index (Phi) is 6.69. The molecule has 0 saturated carbocycles. The lowest BCUT2D eigenvalue weighted by Crippen LogP contribution is -2.27. The molecule has 0 aliphatic heterocycles. The van der Waals surface area contributed by atoms with Crippen molar-refractivity contribution in [3.05, 3.63) is 102 Å². The van der Waals surface area contributed by atoms with Gasteiger partial charge in [0.25, 0.3) is 0 Å². The molecule has 8 heteroatoms. The number of ether oxygens (including phenoxy) is 2. The zero-order valence-electron chi connectivity index (χ0n) is 22.9. The van der Waals surface area contributed by atoms with E-state index < -0.39 is 5.41 Å². The first-order valence-corrected chi connectivity index (χ1v) is 13.3. The summed E-state index contributed by atoms with van der Waals surface area (Å²) in [7, 11) is 5.64. The van der Waals surface area contributed by atoms with Crippen molar-refractivity contribution in [3.8, 4) is 11.5 Å². The predicted octanol–water partition coefficient (Wildman–Crippen LogP) is 5.37. The summed E-state index contributed by atoms with van der Waals surface area (Å²) in [4.78, 5) is 11.8. The number of nitrogens with two attached hydrogens (primary N) is 1. The number of likely N-dealkylation sites (N-methyl/N-ethyl adjacent to an activating group) is 1. The van der Waals surface area contributed by atoms with E-state index in [1.807, 2.05) is 38.5 Å². The van der Waals surface area contributed by atoms with Crippen molar-refractivity contribution in [3.63, 3.8) is 0 Å². The smallest absolute Gasteiger partial charge is 0.162 e. The lowest BCUT2D eigenvalue weighted by Gasteiger charge is -2.35. The van der Waals surface area contributed by atoms with Crippen LogP contribution in [0.3, 0.4) is 0 Å². The molecule has 5 aromatic rings. The van der Waals surface area contributed by atoms with Gasteiger partial charge in [-0.05, 0) is 55.4 Å². The fraction of sp³-hybridized carbons (Fsp3) is 0.219. The fourth-order valence-corrected chi connectivity index (χ4v) is 5.33. The molecule has 2 aromatic heterocycles. The van der Waals surface area contributed by atoms with Gasteiger partial charge in [0.05, 0.1) is 24.3 Å². The van der Waals surface area contributed by atoms with Crippen molar-refractivity contribution in [2.24, 2.45) is 0 Å². The van der Waals surface area contributed by atoms with Gasteiger partial charge in [0.2, 0.25) is 0 Å². The standard InChI is InChI=1S/C32H32N6O2/c1-38(2)14-15-40-29-17-25-27(18-28(29)39-3)35-31(36-30(25)33)21-8-7-13-32(19-21,23-9-5-4-6-10-23)24-11-12-26-22(16-24)20-34-37-26/h4-13,16-18,20H,14-15,19H2,1-3H3,(H,34,37)(H2,33,35,36). The van der Waals surface area contributed by atoms with E-state index in [9.17, 15) is 0 Å². The molecule has 1 atom stereocenters. The Morgan fingerprint density at radius 3 is 2.65 bits per heavy atom. The number of aromatic amines is 1. The summed E-state index contributed by atoms with van der Waals surface area (Å²) in [5.74, 6) is 2.24. The van der Waals surface area contributed by atoms with E-state index in [4.69, 9.17) is 25.2 Å². The Morgan fingerprint density at radius 1 is 1.00 bits per heavy atom. The molecular formula is C32H32N6O2. The Labute approximate surface area is 233 Å². The zero-order valence-corrected chi connectivity index (χ0v) is 22.9. The Morgan fingerprint density at radius 2 is 1.85 bits per heavy atom. The van der Waals surface area contributed by atoms with Gasteiger partial charge in [-0.3, -0.25) is 5.10 Å². The first-order chi connectivity index (χ1) is 19.5. The highest BCUT2D eigenvalue weighted by molar-refractivity contribution is 5.92. The minimum Gasteiger partial charge on any atom is -0.493 e. The highest BCUT2D eigenvalue weighted by Gasteiger charge is 2.35. The number of allylic oxidation sites excluding steroid dienone is 4. The van der Waals surface area contributed by atoms with Crippen molar-refractivity contribution >= 4 is 33.2 Å². The number of hydrogen-bond acceptors (Lipinski definition) is 7. The number of methoxy groups -OCH3 is 1. The first kappa shape index (κ1) is 25.6. The molecular weight excluding hydrogens is 500 g/mol. The summed E-state index contributed by atoms with van der Waals surface area (Å²) in [6.07, 6.45) is 8.97. The Hall–Kier alpha value is -4.69. The van der Waals surface area contributed by atoms with Crippen LogP contribution in [-0.4, -0.2) is 59.4 Å². The number of nitrogens with zero attached hydrogens (tertiary/aromatic N) is 4. The van der Waals surface area contributed by atoms with Crippen molar-refractivity contribution in [1.29, 1.82) is 0 Å². The molecule has 202 valence electrons. The number of hydrogen-bond donors (Lipinski definition) is 2. The minimum absolute atomic E-state index is 0.403. The number of nitrogens with one attached hydrogen (secondary N) is 1. The maximum atomic E-state index is 6.53. The van der Waals surface area contributed by atoms with Crippen LogP contribution < -0.4 is 15.2 Å². The summed E-state index contributed by atoms with van der Waals surface area (Å²) in [6, 6.07) is 20.7. The zero-order chi connectivity index (χ0) is 27.7. The summed E-state index contributed by atoms with van der Waals surface area (Å²) in [5, 5.41) is 9.07. The van der Waals surface area contributed by atoms with Crippen LogP contribution in [0.25, 0.3) is 27.4 Å². The molecule has 3 N–H and O–H groups in total. The topological polar surface area (TPSA) is 102 Å². The van der Waals surface area contributed by atoms with Crippen LogP contribution in [0.5, 0.6) is 11.5 Å². The second-order valence-electron chi connectivity index (χ2n) is 10.3. The van der Waals surface area contributed by atoms with Crippen molar-refractivity contribution in [2.75, 3.05) is 40.1 Å². The van der Waals surface area contributed by atoms with Gasteiger partial charge >= 0.3 is 0 Å². The van der Waals surface area contributed by atoms with Crippen molar-refractivity contribution < 1.29 is 9.47 Å². The second kappa shape index (κ2) is 10.5. The number of anilines is 1. The third-order valence-electron chi connectivity index (χ3n) is 7.49. The van der Waals surface area contributed by atoms with Gasteiger partial charge in [-0.2, -0.15) is 5.10 Å². The quantitative estimate of drug-likeness (QED) is 0.277. The molecule has 1 aliphatic carbocycles. The number of benzene rings is 3. The van der Waals surface area contributed by atoms with Gasteiger partial charge in [-0.1, -0.05) is 54.6 Å². The van der Waals surface area contributed by atoms with Crippen LogP contribution in [0.4, 0.5) is 5.82 Å². The number of H-pyrrole nitrogens is 1. The Bertz CT molecular complexity index is 1740. The average molecular weight is 533 g/mol.